The van der Waals surface area contributed by atoms with Crippen LogP contribution in [0.1, 0.15) is 24.8 Å². The number of aromatic nitrogens is 1. The third kappa shape index (κ3) is 5.34. The van der Waals surface area contributed by atoms with Gasteiger partial charge in [0.25, 0.3) is 0 Å². The molecule has 5 heteroatoms. The molecule has 22 heavy (non-hydrogen) atoms. The van der Waals surface area contributed by atoms with Crippen molar-refractivity contribution in [1.29, 1.82) is 0 Å². The van der Waals surface area contributed by atoms with Crippen molar-refractivity contribution >= 4 is 35.1 Å². The van der Waals surface area contributed by atoms with Crippen LogP contribution in [0.3, 0.4) is 0 Å². The molecule has 0 aliphatic heterocycles. The van der Waals surface area contributed by atoms with E-state index in [0.717, 1.165) is 53.2 Å². The highest BCUT2D eigenvalue weighted by Gasteiger charge is 2.04. The third-order valence-corrected chi connectivity index (χ3v) is 3.95. The fourth-order valence-electron chi connectivity index (χ4n) is 2.32. The van der Waals surface area contributed by atoms with Crippen molar-refractivity contribution in [2.45, 2.75) is 26.2 Å². The molecule has 0 aliphatic rings. The standard InChI is InChI=1S/C17H23ClN2OS/c1-13-11-17(20-16-6-5-14(18)12-15(13)16)21-9-4-2-3-7-19-8-10-22/h5-6,11-12,19,22H,2-4,7-10H2,1H3. The molecule has 1 aromatic heterocycles. The number of nitrogens with one attached hydrogen (secondary N) is 1. The zero-order chi connectivity index (χ0) is 15.8. The SMILES string of the molecule is Cc1cc(OCCCCCNCCS)nc2ccc(Cl)cc12. The molecule has 1 aromatic carbocycles. The second-order valence-electron chi connectivity index (χ2n) is 5.32. The summed E-state index contributed by atoms with van der Waals surface area (Å²) in [6, 6.07) is 7.72. The Labute approximate surface area is 142 Å². The number of fused-ring (bicyclic) bond motifs is 1. The highest BCUT2D eigenvalue weighted by atomic mass is 35.5. The van der Waals surface area contributed by atoms with E-state index in [2.05, 4.69) is 29.9 Å². The molecule has 3 nitrogen and oxygen atoms in total. The first kappa shape index (κ1) is 17.4. The molecule has 0 unspecified atom stereocenters. The lowest BCUT2D eigenvalue weighted by Gasteiger charge is -2.09. The summed E-state index contributed by atoms with van der Waals surface area (Å²) in [5.74, 6) is 1.59. The van der Waals surface area contributed by atoms with E-state index >= 15 is 0 Å². The van der Waals surface area contributed by atoms with Gasteiger partial charge in [0.1, 0.15) is 0 Å². The van der Waals surface area contributed by atoms with Gasteiger partial charge in [-0.3, -0.25) is 0 Å². The molecule has 2 aromatic rings. The molecular formula is C17H23ClN2OS. The Morgan fingerprint density at radius 2 is 2.05 bits per heavy atom. The zero-order valence-corrected chi connectivity index (χ0v) is 14.6. The Balaban J connectivity index is 1.79. The Hall–Kier alpha value is -0.970. The van der Waals surface area contributed by atoms with Gasteiger partial charge in [-0.15, -0.1) is 0 Å². The van der Waals surface area contributed by atoms with Crippen molar-refractivity contribution in [3.05, 3.63) is 34.9 Å². The van der Waals surface area contributed by atoms with Crippen molar-refractivity contribution in [2.24, 2.45) is 0 Å². The predicted molar refractivity (Wildman–Crippen MR) is 97.6 cm³/mol. The Kier molecular flexibility index (Phi) is 7.30. The lowest BCUT2D eigenvalue weighted by atomic mass is 10.1. The quantitative estimate of drug-likeness (QED) is 0.529. The van der Waals surface area contributed by atoms with Gasteiger partial charge in [-0.1, -0.05) is 11.6 Å². The maximum absolute atomic E-state index is 6.03. The molecule has 1 N–H and O–H groups in total. The van der Waals surface area contributed by atoms with Crippen LogP contribution >= 0.6 is 24.2 Å². The van der Waals surface area contributed by atoms with Gasteiger partial charge in [-0.2, -0.15) is 12.6 Å². The number of hydrogen-bond donors (Lipinski definition) is 2. The monoisotopic (exact) mass is 338 g/mol. The van der Waals surface area contributed by atoms with Crippen molar-refractivity contribution in [2.75, 3.05) is 25.4 Å². The van der Waals surface area contributed by atoms with E-state index in [1.54, 1.807) is 0 Å². The molecule has 0 saturated carbocycles. The van der Waals surface area contributed by atoms with Crippen molar-refractivity contribution in [3.8, 4) is 5.88 Å². The minimum absolute atomic E-state index is 0.695. The van der Waals surface area contributed by atoms with E-state index in [4.69, 9.17) is 16.3 Å². The van der Waals surface area contributed by atoms with Crippen LogP contribution in [-0.2, 0) is 0 Å². The van der Waals surface area contributed by atoms with Crippen LogP contribution in [0, 0.1) is 6.92 Å². The molecule has 0 amide bonds. The summed E-state index contributed by atoms with van der Waals surface area (Å²) in [6.07, 6.45) is 3.36. The van der Waals surface area contributed by atoms with Crippen LogP contribution in [0.4, 0.5) is 0 Å². The topological polar surface area (TPSA) is 34.1 Å². The Bertz CT molecular complexity index is 606. The van der Waals surface area contributed by atoms with E-state index in [1.165, 1.54) is 6.42 Å². The lowest BCUT2D eigenvalue weighted by molar-refractivity contribution is 0.294. The molecule has 0 radical (unpaired) electrons. The first-order valence-electron chi connectivity index (χ1n) is 7.72. The number of nitrogens with zero attached hydrogens (tertiary/aromatic N) is 1. The van der Waals surface area contributed by atoms with Crippen LogP contribution < -0.4 is 10.1 Å². The number of ether oxygens (including phenoxy) is 1. The highest BCUT2D eigenvalue weighted by molar-refractivity contribution is 7.80. The molecule has 1 heterocycles. The highest BCUT2D eigenvalue weighted by Crippen LogP contribution is 2.24. The summed E-state index contributed by atoms with van der Waals surface area (Å²) in [4.78, 5) is 4.53. The maximum Gasteiger partial charge on any atom is 0.214 e. The maximum atomic E-state index is 6.03. The van der Waals surface area contributed by atoms with Gasteiger partial charge >= 0.3 is 0 Å². The molecule has 0 atom stereocenters. The fourth-order valence-corrected chi connectivity index (χ4v) is 2.65. The summed E-state index contributed by atoms with van der Waals surface area (Å²) >= 11 is 10.2. The number of rotatable bonds is 9. The number of halogens is 1. The van der Waals surface area contributed by atoms with Gasteiger partial charge in [0.15, 0.2) is 0 Å². The first-order valence-corrected chi connectivity index (χ1v) is 8.73. The van der Waals surface area contributed by atoms with Crippen molar-refractivity contribution in [3.63, 3.8) is 0 Å². The van der Waals surface area contributed by atoms with Crippen LogP contribution in [0.15, 0.2) is 24.3 Å². The number of aryl methyl sites for hydroxylation is 1. The smallest absolute Gasteiger partial charge is 0.214 e. The average Bonchev–Trinajstić information content (AvgIpc) is 2.51. The third-order valence-electron chi connectivity index (χ3n) is 3.49. The fraction of sp³-hybridized carbons (Fsp3) is 0.471. The Morgan fingerprint density at radius 3 is 2.86 bits per heavy atom. The van der Waals surface area contributed by atoms with Crippen molar-refractivity contribution < 1.29 is 4.74 Å². The second-order valence-corrected chi connectivity index (χ2v) is 6.21. The lowest BCUT2D eigenvalue weighted by Crippen LogP contribution is -2.17. The van der Waals surface area contributed by atoms with Gasteiger partial charge in [0, 0.05) is 28.8 Å². The summed E-state index contributed by atoms with van der Waals surface area (Å²) in [6.45, 7) is 4.79. The molecule has 0 bridgehead atoms. The number of pyridine rings is 1. The minimum atomic E-state index is 0.695. The summed E-state index contributed by atoms with van der Waals surface area (Å²) in [7, 11) is 0. The van der Waals surface area contributed by atoms with Crippen LogP contribution in [-0.4, -0.2) is 30.4 Å². The van der Waals surface area contributed by atoms with Crippen LogP contribution in [0.5, 0.6) is 5.88 Å². The van der Waals surface area contributed by atoms with E-state index in [0.29, 0.717) is 12.5 Å². The van der Waals surface area contributed by atoms with Crippen LogP contribution in [0.2, 0.25) is 5.02 Å². The summed E-state index contributed by atoms with van der Waals surface area (Å²) in [5.41, 5.74) is 2.06. The van der Waals surface area contributed by atoms with Crippen LogP contribution in [0.25, 0.3) is 10.9 Å². The van der Waals surface area contributed by atoms with E-state index < -0.39 is 0 Å². The van der Waals surface area contributed by atoms with E-state index in [9.17, 15) is 0 Å². The molecule has 0 spiro atoms. The summed E-state index contributed by atoms with van der Waals surface area (Å²) < 4.78 is 5.78. The van der Waals surface area contributed by atoms with Gasteiger partial charge in [0.2, 0.25) is 5.88 Å². The Morgan fingerprint density at radius 1 is 1.18 bits per heavy atom. The van der Waals surface area contributed by atoms with Gasteiger partial charge in [0.05, 0.1) is 12.1 Å². The molecule has 0 aliphatic carbocycles. The number of benzene rings is 1. The van der Waals surface area contributed by atoms with Gasteiger partial charge in [-0.05, 0) is 56.5 Å². The number of thiol groups is 1. The van der Waals surface area contributed by atoms with Gasteiger partial charge in [-0.25, -0.2) is 4.98 Å². The minimum Gasteiger partial charge on any atom is -0.478 e. The normalized spacial score (nSPS) is 11.0. The summed E-state index contributed by atoms with van der Waals surface area (Å²) in [5, 5.41) is 5.15. The second kappa shape index (κ2) is 9.23. The van der Waals surface area contributed by atoms with Crippen molar-refractivity contribution in [1.82, 2.24) is 10.3 Å². The molecule has 2 rings (SSSR count). The predicted octanol–water partition coefficient (Wildman–Crippen LogP) is 4.27. The van der Waals surface area contributed by atoms with E-state index in [-0.39, 0.29) is 0 Å². The number of unbranched alkanes of at least 4 members (excludes halogenated alkanes) is 2. The number of hydrogen-bond acceptors (Lipinski definition) is 4. The molecule has 120 valence electrons. The zero-order valence-electron chi connectivity index (χ0n) is 12.9. The van der Waals surface area contributed by atoms with Gasteiger partial charge < -0.3 is 10.1 Å². The molecule has 0 saturated heterocycles. The molecule has 0 fully saturated rings. The van der Waals surface area contributed by atoms with E-state index in [1.807, 2.05) is 24.3 Å². The first-order chi connectivity index (χ1) is 10.7. The molecular weight excluding hydrogens is 316 g/mol. The largest absolute Gasteiger partial charge is 0.478 e. The average molecular weight is 339 g/mol.